The molecule has 6 heteroatoms. The molecule has 0 saturated carbocycles. The third kappa shape index (κ3) is 9.92. The second-order valence-electron chi connectivity index (χ2n) is 9.94. The lowest BCUT2D eigenvalue weighted by Crippen LogP contribution is -2.42. The van der Waals surface area contributed by atoms with Crippen LogP contribution in [-0.4, -0.2) is 84.8 Å². The summed E-state index contributed by atoms with van der Waals surface area (Å²) >= 11 is 0. The monoisotopic (exact) mass is 456 g/mol. The summed E-state index contributed by atoms with van der Waals surface area (Å²) in [6.07, 6.45) is -1.13. The number of benzene rings is 2. The summed E-state index contributed by atoms with van der Waals surface area (Å²) in [4.78, 5) is 4.55. The lowest BCUT2D eigenvalue weighted by atomic mass is 9.96. The summed E-state index contributed by atoms with van der Waals surface area (Å²) in [7, 11) is 0. The van der Waals surface area contributed by atoms with E-state index in [1.54, 1.807) is 0 Å². The molecular formula is C27H40N2O4. The van der Waals surface area contributed by atoms with Crippen molar-refractivity contribution in [2.45, 2.75) is 39.1 Å². The molecule has 33 heavy (non-hydrogen) atoms. The minimum atomic E-state index is -0.566. The SMILES string of the molecule is CC1(C)COCC(O)CN(Cc2ccccc2)CCN(Cc2ccccc2)CC(O)COC1. The van der Waals surface area contributed by atoms with Gasteiger partial charge in [0.25, 0.3) is 0 Å². The number of aliphatic hydroxyl groups excluding tert-OH is 2. The number of ether oxygens (including phenoxy) is 2. The summed E-state index contributed by atoms with van der Waals surface area (Å²) in [6.45, 7) is 9.88. The number of hydrogen-bond donors (Lipinski definition) is 2. The van der Waals surface area contributed by atoms with Crippen LogP contribution >= 0.6 is 0 Å². The maximum Gasteiger partial charge on any atom is 0.0900 e. The minimum absolute atomic E-state index is 0.187. The molecule has 2 aromatic rings. The fourth-order valence-corrected chi connectivity index (χ4v) is 4.12. The molecule has 3 rings (SSSR count). The Labute approximate surface area is 198 Å². The zero-order valence-electron chi connectivity index (χ0n) is 20.1. The van der Waals surface area contributed by atoms with E-state index in [1.807, 2.05) is 36.4 Å². The topological polar surface area (TPSA) is 65.4 Å². The standard InChI is InChI=1S/C27H40N2O4/c1-27(2)21-32-19-25(30)17-28(15-23-9-5-3-6-10-23)13-14-29(18-26(31)20-33-22-27)16-24-11-7-4-8-12-24/h3-12,25-26,30-31H,13-22H2,1-2H3. The van der Waals surface area contributed by atoms with E-state index in [2.05, 4.69) is 47.9 Å². The molecule has 0 bridgehead atoms. The van der Waals surface area contributed by atoms with Gasteiger partial charge < -0.3 is 19.7 Å². The van der Waals surface area contributed by atoms with Crippen LogP contribution in [0.1, 0.15) is 25.0 Å². The molecule has 182 valence electrons. The molecule has 1 saturated heterocycles. The van der Waals surface area contributed by atoms with Crippen LogP contribution in [0.15, 0.2) is 60.7 Å². The van der Waals surface area contributed by atoms with E-state index in [4.69, 9.17) is 9.47 Å². The predicted octanol–water partition coefficient (Wildman–Crippen LogP) is 2.79. The van der Waals surface area contributed by atoms with Gasteiger partial charge in [-0.05, 0) is 11.1 Å². The first-order chi connectivity index (χ1) is 15.9. The van der Waals surface area contributed by atoms with Crippen LogP contribution in [0.4, 0.5) is 0 Å². The van der Waals surface area contributed by atoms with Gasteiger partial charge in [-0.25, -0.2) is 0 Å². The molecule has 1 aliphatic heterocycles. The van der Waals surface area contributed by atoms with Gasteiger partial charge in [-0.3, -0.25) is 9.80 Å². The first-order valence-corrected chi connectivity index (χ1v) is 11.9. The number of hydrogen-bond acceptors (Lipinski definition) is 6. The van der Waals surface area contributed by atoms with Crippen LogP contribution in [-0.2, 0) is 22.6 Å². The van der Waals surface area contributed by atoms with Crippen LogP contribution in [0.25, 0.3) is 0 Å². The number of β-amino-alcohol motifs (C(OH)–C–C–N with tert-alkyl or cyclic N) is 2. The van der Waals surface area contributed by atoms with Crippen LogP contribution in [0.5, 0.6) is 0 Å². The van der Waals surface area contributed by atoms with Crippen LogP contribution < -0.4 is 0 Å². The average molecular weight is 457 g/mol. The molecule has 0 aliphatic carbocycles. The van der Waals surface area contributed by atoms with Crippen molar-refractivity contribution in [1.82, 2.24) is 9.80 Å². The van der Waals surface area contributed by atoms with E-state index in [0.29, 0.717) is 39.5 Å². The molecule has 2 N–H and O–H groups in total. The highest BCUT2D eigenvalue weighted by Gasteiger charge is 2.23. The van der Waals surface area contributed by atoms with Crippen molar-refractivity contribution >= 4 is 0 Å². The van der Waals surface area contributed by atoms with Crippen molar-refractivity contribution < 1.29 is 19.7 Å². The van der Waals surface area contributed by atoms with Crippen LogP contribution in [0.3, 0.4) is 0 Å². The third-order valence-electron chi connectivity index (χ3n) is 5.77. The molecule has 0 amide bonds. The Balaban J connectivity index is 1.73. The van der Waals surface area contributed by atoms with Crippen molar-refractivity contribution in [3.63, 3.8) is 0 Å². The van der Waals surface area contributed by atoms with Gasteiger partial charge in [0.05, 0.1) is 38.6 Å². The Hall–Kier alpha value is -1.80. The molecule has 1 aliphatic rings. The smallest absolute Gasteiger partial charge is 0.0900 e. The van der Waals surface area contributed by atoms with Gasteiger partial charge in [0, 0.05) is 44.7 Å². The van der Waals surface area contributed by atoms with E-state index in [1.165, 1.54) is 11.1 Å². The summed E-state index contributed by atoms with van der Waals surface area (Å²) in [6, 6.07) is 20.7. The molecule has 1 heterocycles. The second-order valence-corrected chi connectivity index (χ2v) is 9.94. The zero-order valence-corrected chi connectivity index (χ0v) is 20.1. The maximum atomic E-state index is 10.7. The largest absolute Gasteiger partial charge is 0.389 e. The molecule has 2 unspecified atom stereocenters. The Morgan fingerprint density at radius 3 is 1.52 bits per heavy atom. The molecule has 6 nitrogen and oxygen atoms in total. The van der Waals surface area contributed by atoms with Gasteiger partial charge in [-0.1, -0.05) is 74.5 Å². The van der Waals surface area contributed by atoms with Crippen LogP contribution in [0, 0.1) is 5.41 Å². The van der Waals surface area contributed by atoms with E-state index in [9.17, 15) is 10.2 Å². The molecule has 2 atom stereocenters. The Morgan fingerprint density at radius 1 is 0.727 bits per heavy atom. The Kier molecular flexibility index (Phi) is 10.3. The van der Waals surface area contributed by atoms with Gasteiger partial charge in [0.15, 0.2) is 0 Å². The summed E-state index contributed by atoms with van der Waals surface area (Å²) in [5, 5.41) is 21.4. The number of aliphatic hydroxyl groups is 2. The van der Waals surface area contributed by atoms with Crippen molar-refractivity contribution in [1.29, 1.82) is 0 Å². The normalized spacial score (nSPS) is 24.6. The van der Waals surface area contributed by atoms with Gasteiger partial charge in [-0.2, -0.15) is 0 Å². The Morgan fingerprint density at radius 2 is 1.12 bits per heavy atom. The van der Waals surface area contributed by atoms with Crippen LogP contribution in [0.2, 0.25) is 0 Å². The van der Waals surface area contributed by atoms with Crippen molar-refractivity contribution in [3.05, 3.63) is 71.8 Å². The highest BCUT2D eigenvalue weighted by molar-refractivity contribution is 5.15. The van der Waals surface area contributed by atoms with Gasteiger partial charge >= 0.3 is 0 Å². The average Bonchev–Trinajstić information content (AvgIpc) is 2.78. The molecule has 1 fully saturated rings. The molecule has 0 radical (unpaired) electrons. The van der Waals surface area contributed by atoms with Crippen molar-refractivity contribution in [2.24, 2.45) is 5.41 Å². The Bertz CT molecular complexity index is 722. The molecule has 0 aromatic heterocycles. The predicted molar refractivity (Wildman–Crippen MR) is 131 cm³/mol. The zero-order chi connectivity index (χ0) is 23.5. The summed E-state index contributed by atoms with van der Waals surface area (Å²) in [5.74, 6) is 0. The van der Waals surface area contributed by atoms with Gasteiger partial charge in [-0.15, -0.1) is 0 Å². The number of rotatable bonds is 4. The lowest BCUT2D eigenvalue weighted by molar-refractivity contribution is -0.0500. The number of nitrogens with zero attached hydrogens (tertiary/aromatic N) is 2. The highest BCUT2D eigenvalue weighted by atomic mass is 16.5. The molecule has 2 aromatic carbocycles. The van der Waals surface area contributed by atoms with E-state index in [-0.39, 0.29) is 5.41 Å². The second kappa shape index (κ2) is 13.2. The molecule has 0 spiro atoms. The fraction of sp³-hybridized carbons (Fsp3) is 0.556. The van der Waals surface area contributed by atoms with E-state index >= 15 is 0 Å². The van der Waals surface area contributed by atoms with E-state index in [0.717, 1.165) is 26.2 Å². The maximum absolute atomic E-state index is 10.7. The third-order valence-corrected chi connectivity index (χ3v) is 5.77. The fourth-order valence-electron chi connectivity index (χ4n) is 4.12. The minimum Gasteiger partial charge on any atom is -0.389 e. The summed E-state index contributed by atoms with van der Waals surface area (Å²) in [5.41, 5.74) is 2.24. The molecular weight excluding hydrogens is 416 g/mol. The lowest BCUT2D eigenvalue weighted by Gasteiger charge is -2.30. The highest BCUT2D eigenvalue weighted by Crippen LogP contribution is 2.17. The quantitative estimate of drug-likeness (QED) is 0.738. The van der Waals surface area contributed by atoms with E-state index < -0.39 is 12.2 Å². The van der Waals surface area contributed by atoms with Gasteiger partial charge in [0.2, 0.25) is 0 Å². The first-order valence-electron chi connectivity index (χ1n) is 11.9. The van der Waals surface area contributed by atoms with Crippen molar-refractivity contribution in [3.8, 4) is 0 Å². The van der Waals surface area contributed by atoms with Crippen molar-refractivity contribution in [2.75, 3.05) is 52.6 Å². The summed E-state index contributed by atoms with van der Waals surface area (Å²) < 4.78 is 11.7. The first kappa shape index (κ1) is 25.8. The van der Waals surface area contributed by atoms with Gasteiger partial charge in [0.1, 0.15) is 0 Å².